The number of esters is 2. The third-order valence-corrected chi connectivity index (χ3v) is 6.31. The van der Waals surface area contributed by atoms with E-state index in [0.29, 0.717) is 16.9 Å². The molecular weight excluding hydrogens is 432 g/mol. The van der Waals surface area contributed by atoms with Crippen LogP contribution in [0.5, 0.6) is 11.5 Å². The summed E-state index contributed by atoms with van der Waals surface area (Å²) in [5.41, 5.74) is 2.29. The first-order valence-corrected chi connectivity index (χ1v) is 11.0. The topological polar surface area (TPSA) is 71.1 Å². The van der Waals surface area contributed by atoms with Gasteiger partial charge < -0.3 is 18.9 Å². The van der Waals surface area contributed by atoms with Gasteiger partial charge in [0.2, 0.25) is 0 Å². The van der Waals surface area contributed by atoms with Crippen LogP contribution in [0.25, 0.3) is 10.8 Å². The van der Waals surface area contributed by atoms with Gasteiger partial charge in [-0.2, -0.15) is 0 Å². The Labute approximate surface area is 191 Å². The van der Waals surface area contributed by atoms with Crippen molar-refractivity contribution in [2.45, 2.75) is 31.1 Å². The van der Waals surface area contributed by atoms with Crippen LogP contribution in [-0.4, -0.2) is 38.4 Å². The first kappa shape index (κ1) is 22.2. The Morgan fingerprint density at radius 3 is 2.06 bits per heavy atom. The van der Waals surface area contributed by atoms with Crippen LogP contribution in [0.1, 0.15) is 42.2 Å². The fourth-order valence-corrected chi connectivity index (χ4v) is 5.04. The molecule has 4 rings (SSSR count). The Bertz CT molecular complexity index is 1080. The quantitative estimate of drug-likeness (QED) is 0.282. The lowest BCUT2D eigenvalue weighted by Gasteiger charge is -2.25. The van der Waals surface area contributed by atoms with Crippen molar-refractivity contribution in [2.75, 3.05) is 26.4 Å². The molecule has 2 aliphatic rings. The molecule has 6 nitrogen and oxygen atoms in total. The summed E-state index contributed by atoms with van der Waals surface area (Å²) in [5.74, 6) is 1.33. The van der Waals surface area contributed by atoms with Gasteiger partial charge in [0.15, 0.2) is 0 Å². The second-order valence-electron chi connectivity index (χ2n) is 7.80. The molecule has 7 heteroatoms. The molecule has 0 N–H and O–H groups in total. The highest BCUT2D eigenvalue weighted by atomic mass is 35.5. The Morgan fingerprint density at radius 1 is 0.906 bits per heavy atom. The maximum Gasteiger partial charge on any atom is 0.330 e. The number of halogens is 1. The normalized spacial score (nSPS) is 18.2. The van der Waals surface area contributed by atoms with Gasteiger partial charge in [-0.25, -0.2) is 9.59 Å². The monoisotopic (exact) mass is 456 g/mol. The average Bonchev–Trinajstić information content (AvgIpc) is 3.42. The van der Waals surface area contributed by atoms with Crippen LogP contribution in [0.4, 0.5) is 0 Å². The molecule has 0 amide bonds. The zero-order valence-electron chi connectivity index (χ0n) is 17.7. The number of hydrogen-bond donors (Lipinski definition) is 0. The van der Waals surface area contributed by atoms with Gasteiger partial charge in [0, 0.05) is 34.1 Å². The number of carbonyl (C=O) groups excluding carboxylic acids is 2. The zero-order chi connectivity index (χ0) is 22.7. The average molecular weight is 457 g/mol. The molecule has 0 saturated heterocycles. The number of rotatable bonds is 10. The molecule has 2 bridgehead atoms. The van der Waals surface area contributed by atoms with E-state index >= 15 is 0 Å². The van der Waals surface area contributed by atoms with Crippen molar-refractivity contribution in [3.8, 4) is 11.5 Å². The summed E-state index contributed by atoms with van der Waals surface area (Å²) in [7, 11) is 0. The molecule has 2 atom stereocenters. The minimum absolute atomic E-state index is 0.118. The van der Waals surface area contributed by atoms with Gasteiger partial charge in [-0.05, 0) is 37.2 Å². The smallest absolute Gasteiger partial charge is 0.330 e. The van der Waals surface area contributed by atoms with Crippen molar-refractivity contribution in [2.24, 2.45) is 0 Å². The standard InChI is InChI=1S/C25H25ClO6/c1-3-19(27)29-10-12-31-24-17-6-5-7-18(26)23(17)25(32-13-11-30-20(28)4-2)22-16-9-8-15(14-16)21(22)24/h3-7,15-16H,1-2,8-14H2. The molecule has 0 heterocycles. The summed E-state index contributed by atoms with van der Waals surface area (Å²) in [6, 6.07) is 5.66. The molecular formula is C25H25ClO6. The van der Waals surface area contributed by atoms with Crippen LogP contribution < -0.4 is 9.47 Å². The molecule has 0 spiro atoms. The number of carbonyl (C=O) groups is 2. The van der Waals surface area contributed by atoms with Gasteiger partial charge in [0.25, 0.3) is 0 Å². The summed E-state index contributed by atoms with van der Waals surface area (Å²) < 4.78 is 22.5. The van der Waals surface area contributed by atoms with Crippen LogP contribution in [0, 0.1) is 0 Å². The van der Waals surface area contributed by atoms with E-state index in [1.165, 1.54) is 0 Å². The molecule has 0 aliphatic heterocycles. The van der Waals surface area contributed by atoms with Gasteiger partial charge in [-0.1, -0.05) is 36.9 Å². The Morgan fingerprint density at radius 2 is 1.47 bits per heavy atom. The number of ether oxygens (including phenoxy) is 4. The first-order valence-electron chi connectivity index (χ1n) is 10.7. The van der Waals surface area contributed by atoms with Crippen molar-refractivity contribution in [3.05, 3.63) is 59.7 Å². The number of hydrogen-bond acceptors (Lipinski definition) is 6. The predicted octanol–water partition coefficient (Wildman–Crippen LogP) is 5.07. The second kappa shape index (κ2) is 9.65. The lowest BCUT2D eigenvalue weighted by atomic mass is 9.87. The number of fused-ring (bicyclic) bond motifs is 6. The number of benzene rings is 2. The van der Waals surface area contributed by atoms with Gasteiger partial charge in [-0.3, -0.25) is 0 Å². The molecule has 0 radical (unpaired) electrons. The maximum atomic E-state index is 11.3. The highest BCUT2D eigenvalue weighted by Crippen LogP contribution is 2.61. The van der Waals surface area contributed by atoms with Crippen molar-refractivity contribution in [3.63, 3.8) is 0 Å². The molecule has 2 aliphatic carbocycles. The van der Waals surface area contributed by atoms with E-state index in [1.807, 2.05) is 18.2 Å². The SMILES string of the molecule is C=CC(=O)OCCOc1c2c(c(OCCOC(=O)C=C)c3c(Cl)cccc13)C1CCC2C1. The fourth-order valence-electron chi connectivity index (χ4n) is 4.78. The maximum absolute atomic E-state index is 11.3. The van der Waals surface area contributed by atoms with Crippen molar-refractivity contribution >= 4 is 34.3 Å². The molecule has 2 aromatic rings. The predicted molar refractivity (Wildman–Crippen MR) is 122 cm³/mol. The fraction of sp³-hybridized carbons (Fsp3) is 0.360. The summed E-state index contributed by atoms with van der Waals surface area (Å²) >= 11 is 6.63. The van der Waals surface area contributed by atoms with Crippen molar-refractivity contribution in [1.29, 1.82) is 0 Å². The van der Waals surface area contributed by atoms with Crippen molar-refractivity contribution < 1.29 is 28.5 Å². The lowest BCUT2D eigenvalue weighted by Crippen LogP contribution is -2.14. The van der Waals surface area contributed by atoms with Gasteiger partial charge in [0.05, 0.1) is 5.02 Å². The van der Waals surface area contributed by atoms with E-state index in [2.05, 4.69) is 13.2 Å². The van der Waals surface area contributed by atoms with E-state index in [-0.39, 0.29) is 26.4 Å². The van der Waals surface area contributed by atoms with Gasteiger partial charge >= 0.3 is 11.9 Å². The molecule has 2 aromatic carbocycles. The third-order valence-electron chi connectivity index (χ3n) is 6.00. The van der Waals surface area contributed by atoms with E-state index in [4.69, 9.17) is 30.5 Å². The Kier molecular flexibility index (Phi) is 6.70. The summed E-state index contributed by atoms with van der Waals surface area (Å²) in [6.45, 7) is 7.48. The molecule has 32 heavy (non-hydrogen) atoms. The molecule has 168 valence electrons. The largest absolute Gasteiger partial charge is 0.489 e. The molecule has 2 unspecified atom stereocenters. The van der Waals surface area contributed by atoms with Crippen LogP contribution in [0.2, 0.25) is 5.02 Å². The molecule has 0 aromatic heterocycles. The van der Waals surface area contributed by atoms with E-state index in [0.717, 1.165) is 64.8 Å². The lowest BCUT2D eigenvalue weighted by molar-refractivity contribution is -0.139. The summed E-state index contributed by atoms with van der Waals surface area (Å²) in [5, 5.41) is 2.21. The minimum atomic E-state index is -0.485. The Balaban J connectivity index is 1.69. The van der Waals surface area contributed by atoms with E-state index in [1.54, 1.807) is 0 Å². The van der Waals surface area contributed by atoms with Crippen LogP contribution in [-0.2, 0) is 19.1 Å². The molecule has 1 saturated carbocycles. The van der Waals surface area contributed by atoms with E-state index in [9.17, 15) is 9.59 Å². The third kappa shape index (κ3) is 4.19. The van der Waals surface area contributed by atoms with Gasteiger partial charge in [0.1, 0.15) is 37.9 Å². The first-order chi connectivity index (χ1) is 15.5. The highest BCUT2D eigenvalue weighted by molar-refractivity contribution is 6.36. The zero-order valence-corrected chi connectivity index (χ0v) is 18.5. The highest BCUT2D eigenvalue weighted by Gasteiger charge is 2.43. The summed E-state index contributed by atoms with van der Waals surface area (Å²) in [6.07, 6.45) is 5.49. The molecule has 1 fully saturated rings. The van der Waals surface area contributed by atoms with Crippen molar-refractivity contribution in [1.82, 2.24) is 0 Å². The van der Waals surface area contributed by atoms with Gasteiger partial charge in [-0.15, -0.1) is 0 Å². The second-order valence-corrected chi connectivity index (χ2v) is 8.20. The van der Waals surface area contributed by atoms with Crippen LogP contribution in [0.15, 0.2) is 43.5 Å². The van der Waals surface area contributed by atoms with Crippen LogP contribution >= 0.6 is 11.6 Å². The van der Waals surface area contributed by atoms with Crippen LogP contribution in [0.3, 0.4) is 0 Å². The van der Waals surface area contributed by atoms with E-state index < -0.39 is 11.9 Å². The summed E-state index contributed by atoms with van der Waals surface area (Å²) in [4.78, 5) is 22.7. The Hall–Kier alpha value is -2.99. The minimum Gasteiger partial charge on any atom is -0.489 e.